The van der Waals surface area contributed by atoms with Crippen LogP contribution in [0.2, 0.25) is 0 Å². The molecule has 0 saturated carbocycles. The van der Waals surface area contributed by atoms with E-state index in [1.165, 1.54) is 11.3 Å². The number of hydrogen-bond donors (Lipinski definition) is 8. The van der Waals surface area contributed by atoms with Crippen molar-refractivity contribution in [1.29, 1.82) is 0 Å². The number of carbonyl (C=O) groups excluding carboxylic acids is 6. The Kier molecular flexibility index (Phi) is 17.7. The topological polar surface area (TPSA) is 238 Å². The van der Waals surface area contributed by atoms with E-state index in [0.29, 0.717) is 41.8 Å². The van der Waals surface area contributed by atoms with Crippen LogP contribution in [-0.2, 0) is 59.2 Å². The van der Waals surface area contributed by atoms with E-state index in [1.54, 1.807) is 48.5 Å². The second kappa shape index (κ2) is 24.2. The number of carbonyl (C=O) groups is 7. The van der Waals surface area contributed by atoms with Crippen LogP contribution in [0, 0.1) is 0 Å². The molecule has 344 valence electrons. The fourth-order valence-electron chi connectivity index (χ4n) is 7.53. The van der Waals surface area contributed by atoms with Crippen molar-refractivity contribution in [3.8, 4) is 11.1 Å². The zero-order chi connectivity index (χ0) is 46.8. The lowest BCUT2D eigenvalue weighted by molar-refractivity contribution is -0.142. The fourth-order valence-corrected chi connectivity index (χ4v) is 8.28. The number of carboxylic acids is 1. The summed E-state index contributed by atoms with van der Waals surface area (Å²) < 4.78 is 0. The minimum absolute atomic E-state index is 0.00620. The summed E-state index contributed by atoms with van der Waals surface area (Å²) in [7, 11) is 0. The van der Waals surface area contributed by atoms with E-state index < -0.39 is 71.6 Å². The first-order valence-electron chi connectivity index (χ1n) is 22.0. The molecule has 0 aliphatic carbocycles. The maximum Gasteiger partial charge on any atom is 0.326 e. The number of benzene rings is 4. The Labute approximate surface area is 387 Å². The van der Waals surface area contributed by atoms with Gasteiger partial charge in [-0.1, -0.05) is 103 Å². The number of fused-ring (bicyclic) bond motifs is 18. The largest absolute Gasteiger partial charge is 0.480 e. The maximum absolute atomic E-state index is 14.7. The molecule has 0 saturated heterocycles. The van der Waals surface area contributed by atoms with Gasteiger partial charge in [0.05, 0.1) is 0 Å². The van der Waals surface area contributed by atoms with Crippen LogP contribution in [0.1, 0.15) is 53.7 Å². The Morgan fingerprint density at radius 2 is 1.21 bits per heavy atom. The van der Waals surface area contributed by atoms with Gasteiger partial charge in [0.1, 0.15) is 30.2 Å². The highest BCUT2D eigenvalue weighted by Crippen LogP contribution is 2.21. The van der Waals surface area contributed by atoms with Crippen LogP contribution in [0.3, 0.4) is 0 Å². The Morgan fingerprint density at radius 1 is 0.636 bits per heavy atom. The first-order chi connectivity index (χ1) is 31.9. The maximum atomic E-state index is 14.7. The minimum Gasteiger partial charge on any atom is -0.480 e. The predicted molar refractivity (Wildman–Crippen MR) is 252 cm³/mol. The van der Waals surface area contributed by atoms with E-state index in [2.05, 4.69) is 31.9 Å². The summed E-state index contributed by atoms with van der Waals surface area (Å²) in [5.74, 6) is -5.12. The van der Waals surface area contributed by atoms with E-state index in [0.717, 1.165) is 16.0 Å². The number of anilines is 1. The number of carboxylic acid groups (broad SMARTS) is 1. The molecule has 66 heavy (non-hydrogen) atoms. The average Bonchev–Trinajstić information content (AvgIpc) is 3.84. The van der Waals surface area contributed by atoms with Crippen LogP contribution < -0.4 is 37.6 Å². The third kappa shape index (κ3) is 14.7. The molecule has 7 rings (SSSR count). The number of unbranched alkanes of at least 4 members (excludes halogenated alkanes) is 1. The van der Waals surface area contributed by atoms with Crippen molar-refractivity contribution < 1.29 is 38.7 Å². The van der Waals surface area contributed by atoms with Crippen LogP contribution in [0.15, 0.2) is 127 Å². The van der Waals surface area contributed by atoms with Gasteiger partial charge >= 0.3 is 5.97 Å². The van der Waals surface area contributed by atoms with Gasteiger partial charge in [0.25, 0.3) is 0 Å². The Morgan fingerprint density at radius 3 is 1.82 bits per heavy atom. The second-order valence-corrected chi connectivity index (χ2v) is 17.2. The molecule has 0 unspecified atom stereocenters. The quantitative estimate of drug-likeness (QED) is 0.0592. The number of nitrogens with two attached hydrogens (primary N) is 1. The molecule has 2 bridgehead atoms. The summed E-state index contributed by atoms with van der Waals surface area (Å²) in [6, 6.07) is 30.1. The summed E-state index contributed by atoms with van der Waals surface area (Å²) in [6.45, 7) is 0.347. The average molecular weight is 914 g/mol. The van der Waals surface area contributed by atoms with E-state index in [-0.39, 0.29) is 44.9 Å². The molecule has 9 N–H and O–H groups in total. The van der Waals surface area contributed by atoms with Gasteiger partial charge in [-0.25, -0.2) is 4.79 Å². The normalized spacial score (nSPS) is 19.2. The Bertz CT molecular complexity index is 2420. The van der Waals surface area contributed by atoms with Gasteiger partial charge in [-0.2, -0.15) is 0 Å². The number of rotatable bonds is 14. The van der Waals surface area contributed by atoms with Gasteiger partial charge < -0.3 is 42.7 Å². The third-order valence-electron chi connectivity index (χ3n) is 11.1. The molecule has 2 aliphatic rings. The predicted octanol–water partition coefficient (Wildman–Crippen LogP) is 4.06. The van der Waals surface area contributed by atoms with Crippen LogP contribution >= 0.6 is 11.3 Å². The number of amides is 6. The van der Waals surface area contributed by atoms with E-state index in [4.69, 9.17) is 5.73 Å². The van der Waals surface area contributed by atoms with Gasteiger partial charge in [0.2, 0.25) is 35.4 Å². The van der Waals surface area contributed by atoms with Crippen molar-refractivity contribution >= 4 is 58.4 Å². The molecule has 2 aliphatic heterocycles. The molecule has 15 nitrogen and oxygen atoms in total. The lowest BCUT2D eigenvalue weighted by Crippen LogP contribution is -2.60. The van der Waals surface area contributed by atoms with E-state index in [1.807, 2.05) is 78.2 Å². The highest BCUT2D eigenvalue weighted by molar-refractivity contribution is 7.09. The molecule has 0 radical (unpaired) electrons. The number of thiophene rings is 1. The van der Waals surface area contributed by atoms with E-state index in [9.17, 15) is 38.7 Å². The van der Waals surface area contributed by atoms with Crippen molar-refractivity contribution in [2.75, 3.05) is 11.9 Å². The first kappa shape index (κ1) is 48.3. The van der Waals surface area contributed by atoms with Crippen LogP contribution in [-0.4, -0.2) is 83.3 Å². The number of hydrogen-bond acceptors (Lipinski definition) is 9. The molecule has 0 fully saturated rings. The van der Waals surface area contributed by atoms with Crippen LogP contribution in [0.4, 0.5) is 5.69 Å². The molecular weight excluding hydrogens is 859 g/mol. The zero-order valence-electron chi connectivity index (χ0n) is 36.4. The summed E-state index contributed by atoms with van der Waals surface area (Å²) in [4.78, 5) is 97.1. The Hall–Kier alpha value is -7.17. The molecule has 0 spiro atoms. The highest BCUT2D eigenvalue weighted by Gasteiger charge is 2.33. The van der Waals surface area contributed by atoms with Crippen molar-refractivity contribution in [1.82, 2.24) is 26.6 Å². The molecule has 5 atom stereocenters. The smallest absolute Gasteiger partial charge is 0.326 e. The summed E-state index contributed by atoms with van der Waals surface area (Å²) in [5, 5.41) is 28.5. The molecule has 4 aromatic carbocycles. The zero-order valence-corrected chi connectivity index (χ0v) is 37.2. The summed E-state index contributed by atoms with van der Waals surface area (Å²) in [6.07, 6.45) is 0.668. The first-order valence-corrected chi connectivity index (χ1v) is 22.8. The van der Waals surface area contributed by atoms with Gasteiger partial charge in [0, 0.05) is 49.1 Å². The third-order valence-corrected chi connectivity index (χ3v) is 12.0. The van der Waals surface area contributed by atoms with Crippen LogP contribution in [0.5, 0.6) is 0 Å². The second-order valence-electron chi connectivity index (χ2n) is 16.2. The lowest BCUT2D eigenvalue weighted by Gasteiger charge is -2.27. The SMILES string of the molecule is NCCCC[C@H](NC(=O)[C@H]1Cc2ccc(cc2)NC(=O)CCC(=O)N[C@H](Cc2cccs2)C(=O)N[C@@H](Cc2ccc(-c3ccccc3)cc2)C(=O)N[C@H](Cc2ccccc2)C(=O)N1)C(=O)O. The van der Waals surface area contributed by atoms with Crippen molar-refractivity contribution in [2.45, 2.75) is 88.0 Å². The molecular formula is C50H55N7O8S. The minimum atomic E-state index is -1.31. The standard InChI is InChI=1S/C50H55N7O8S/c51-26-8-7-15-39(50(64)65)54-46(60)41-30-34-18-22-37(23-19-34)52-44(58)24-25-45(59)53-43(31-38-14-9-27-66-38)49(63)57-42(29-33-16-20-36(21-17-33)35-12-5-2-6-13-35)48(62)55-40(47(61)56-41)28-32-10-3-1-4-11-32/h1-6,9-14,16-23,27,39-43H,7-8,15,24-26,28-31,51H2,(H,52,58)(H,53,59)(H,54,60)(H,55,62)(H,56,61)(H,57,63)(H,64,65)/t39-,40+,41+,42-,43+/m0/s1. The van der Waals surface area contributed by atoms with Gasteiger partial charge in [0.15, 0.2) is 0 Å². The van der Waals surface area contributed by atoms with Crippen LogP contribution in [0.25, 0.3) is 11.1 Å². The lowest BCUT2D eigenvalue weighted by atomic mass is 9.99. The summed E-state index contributed by atoms with van der Waals surface area (Å²) in [5.41, 5.74) is 9.91. The molecule has 16 heteroatoms. The fraction of sp³-hybridized carbons (Fsp3) is 0.300. The molecule has 3 heterocycles. The molecule has 1 aromatic heterocycles. The number of aliphatic carboxylic acids is 1. The number of nitrogens with one attached hydrogen (secondary N) is 6. The monoisotopic (exact) mass is 913 g/mol. The van der Waals surface area contributed by atoms with Gasteiger partial charge in [-0.15, -0.1) is 11.3 Å². The molecule has 5 aromatic rings. The van der Waals surface area contributed by atoms with Crippen molar-refractivity contribution in [3.63, 3.8) is 0 Å². The van der Waals surface area contributed by atoms with Gasteiger partial charge in [-0.05, 0) is 77.2 Å². The van der Waals surface area contributed by atoms with E-state index >= 15 is 0 Å². The highest BCUT2D eigenvalue weighted by atomic mass is 32.1. The van der Waals surface area contributed by atoms with Crippen molar-refractivity contribution in [3.05, 3.63) is 148 Å². The Balaban J connectivity index is 1.36. The molecule has 6 amide bonds. The van der Waals surface area contributed by atoms with Crippen molar-refractivity contribution in [2.24, 2.45) is 5.73 Å². The summed E-state index contributed by atoms with van der Waals surface area (Å²) >= 11 is 1.39. The van der Waals surface area contributed by atoms with Gasteiger partial charge in [-0.3, -0.25) is 28.8 Å².